The highest BCUT2D eigenvalue weighted by atomic mass is 16.3. The number of aromatic amines is 1. The van der Waals surface area contributed by atoms with Crippen LogP contribution in [0.3, 0.4) is 0 Å². The molecule has 1 aliphatic heterocycles. The molecule has 2 aromatic rings. The van der Waals surface area contributed by atoms with Gasteiger partial charge in [-0.05, 0) is 5.56 Å². The van der Waals surface area contributed by atoms with Crippen molar-refractivity contribution < 1.29 is 5.11 Å². The molecule has 1 aliphatic rings. The first-order valence-corrected chi connectivity index (χ1v) is 6.77. The number of aliphatic hydroxyl groups is 1. The van der Waals surface area contributed by atoms with Gasteiger partial charge >= 0.3 is 5.69 Å². The number of H-pyrrole nitrogens is 1. The number of nitrogens with zero attached hydrogens (tertiary/aromatic N) is 2. The maximum absolute atomic E-state index is 11.6. The van der Waals surface area contributed by atoms with Crippen molar-refractivity contribution in [1.29, 1.82) is 0 Å². The lowest BCUT2D eigenvalue weighted by Gasteiger charge is -2.50. The van der Waals surface area contributed by atoms with Gasteiger partial charge in [0.05, 0.1) is 12.0 Å². The smallest absolute Gasteiger partial charge is 0.329 e. The first-order valence-electron chi connectivity index (χ1n) is 6.77. The molecule has 0 amide bonds. The van der Waals surface area contributed by atoms with E-state index in [9.17, 15) is 14.7 Å². The number of hydrogen-bond acceptors (Lipinski definition) is 4. The van der Waals surface area contributed by atoms with Crippen LogP contribution in [-0.2, 0) is 12.5 Å². The largest absolute Gasteiger partial charge is 0.395 e. The van der Waals surface area contributed by atoms with Crippen LogP contribution in [0.2, 0.25) is 0 Å². The predicted molar refractivity (Wildman–Crippen MR) is 79.7 cm³/mol. The molecule has 1 fully saturated rings. The average molecular weight is 287 g/mol. The van der Waals surface area contributed by atoms with E-state index in [1.54, 1.807) is 7.05 Å². The van der Waals surface area contributed by atoms with Gasteiger partial charge in [-0.2, -0.15) is 0 Å². The maximum atomic E-state index is 11.6. The van der Waals surface area contributed by atoms with Gasteiger partial charge in [-0.1, -0.05) is 30.3 Å². The molecule has 0 spiro atoms. The summed E-state index contributed by atoms with van der Waals surface area (Å²) >= 11 is 0. The van der Waals surface area contributed by atoms with Crippen LogP contribution in [0.25, 0.3) is 0 Å². The van der Waals surface area contributed by atoms with Gasteiger partial charge in [-0.15, -0.1) is 0 Å². The number of hydrogen-bond donors (Lipinski definition) is 2. The minimum atomic E-state index is -0.432. The zero-order chi connectivity index (χ0) is 15.0. The maximum Gasteiger partial charge on any atom is 0.329 e. The highest BCUT2D eigenvalue weighted by molar-refractivity contribution is 5.48. The van der Waals surface area contributed by atoms with Crippen molar-refractivity contribution in [1.82, 2.24) is 9.55 Å². The van der Waals surface area contributed by atoms with E-state index in [1.807, 2.05) is 35.2 Å². The molecule has 2 N–H and O–H groups in total. The Balaban J connectivity index is 1.91. The van der Waals surface area contributed by atoms with E-state index >= 15 is 0 Å². The van der Waals surface area contributed by atoms with Crippen LogP contribution in [-0.4, -0.2) is 34.4 Å². The van der Waals surface area contributed by atoms with Crippen LogP contribution in [0.4, 0.5) is 5.82 Å². The van der Waals surface area contributed by atoms with Gasteiger partial charge in [0.25, 0.3) is 5.56 Å². The first kappa shape index (κ1) is 13.6. The standard InChI is InChI=1S/C15H17N3O3/c1-17-13(7-12(20)16-14(17)21)18-8-15(9-18,10-19)11-5-3-2-4-6-11/h2-7,19H,8-10H2,1H3,(H,16,20,21). The molecule has 1 saturated heterocycles. The molecule has 1 aromatic carbocycles. The number of aromatic nitrogens is 2. The number of nitrogens with one attached hydrogen (secondary N) is 1. The SMILES string of the molecule is Cn1c(N2CC(CO)(c3ccccc3)C2)cc(=O)[nH]c1=O. The van der Waals surface area contributed by atoms with Gasteiger partial charge in [-0.3, -0.25) is 14.3 Å². The number of rotatable bonds is 3. The lowest BCUT2D eigenvalue weighted by Crippen LogP contribution is -2.62. The molecule has 6 heteroatoms. The molecular formula is C15H17N3O3. The highest BCUT2D eigenvalue weighted by Gasteiger charge is 2.44. The summed E-state index contributed by atoms with van der Waals surface area (Å²) in [6, 6.07) is 11.2. The van der Waals surface area contributed by atoms with Crippen LogP contribution in [0.5, 0.6) is 0 Å². The summed E-state index contributed by atoms with van der Waals surface area (Å²) in [7, 11) is 1.62. The van der Waals surface area contributed by atoms with Gasteiger partial charge in [0.2, 0.25) is 0 Å². The summed E-state index contributed by atoms with van der Waals surface area (Å²) in [6.07, 6.45) is 0. The Morgan fingerprint density at radius 2 is 1.90 bits per heavy atom. The second-order valence-electron chi connectivity index (χ2n) is 5.52. The predicted octanol–water partition coefficient (Wildman–Crippen LogP) is -0.176. The second-order valence-corrected chi connectivity index (χ2v) is 5.52. The Kier molecular flexibility index (Phi) is 3.17. The van der Waals surface area contributed by atoms with Gasteiger partial charge < -0.3 is 10.0 Å². The fraction of sp³-hybridized carbons (Fsp3) is 0.333. The molecule has 0 saturated carbocycles. The molecule has 0 radical (unpaired) electrons. The van der Waals surface area contributed by atoms with E-state index in [4.69, 9.17) is 0 Å². The van der Waals surface area contributed by atoms with E-state index in [-0.39, 0.29) is 12.0 Å². The van der Waals surface area contributed by atoms with Crippen molar-refractivity contribution in [2.45, 2.75) is 5.41 Å². The normalized spacial score (nSPS) is 16.6. The fourth-order valence-electron chi connectivity index (χ4n) is 2.86. The van der Waals surface area contributed by atoms with E-state index in [0.29, 0.717) is 18.9 Å². The molecule has 0 atom stereocenters. The lowest BCUT2D eigenvalue weighted by molar-refractivity contribution is 0.161. The summed E-state index contributed by atoms with van der Waals surface area (Å²) in [5.41, 5.74) is -0.105. The lowest BCUT2D eigenvalue weighted by atomic mass is 9.74. The van der Waals surface area contributed by atoms with Crippen molar-refractivity contribution >= 4 is 5.82 Å². The first-order chi connectivity index (χ1) is 10.1. The molecule has 0 bridgehead atoms. The summed E-state index contributed by atoms with van der Waals surface area (Å²) in [6.45, 7) is 1.18. The summed E-state index contributed by atoms with van der Waals surface area (Å²) < 4.78 is 1.41. The zero-order valence-corrected chi connectivity index (χ0v) is 11.7. The quantitative estimate of drug-likeness (QED) is 0.821. The van der Waals surface area contributed by atoms with E-state index < -0.39 is 11.2 Å². The van der Waals surface area contributed by atoms with Crippen LogP contribution in [0.15, 0.2) is 46.0 Å². The van der Waals surface area contributed by atoms with Crippen LogP contribution < -0.4 is 16.1 Å². The minimum absolute atomic E-state index is 0.0324. The van der Waals surface area contributed by atoms with Gasteiger partial charge in [0.15, 0.2) is 0 Å². The number of anilines is 1. The van der Waals surface area contributed by atoms with Gasteiger partial charge in [-0.25, -0.2) is 4.79 Å². The third-order valence-corrected chi connectivity index (χ3v) is 4.14. The number of benzene rings is 1. The van der Waals surface area contributed by atoms with E-state index in [2.05, 4.69) is 4.98 Å². The van der Waals surface area contributed by atoms with Crippen molar-refractivity contribution in [2.24, 2.45) is 7.05 Å². The van der Waals surface area contributed by atoms with Crippen molar-refractivity contribution in [3.8, 4) is 0 Å². The minimum Gasteiger partial charge on any atom is -0.395 e. The van der Waals surface area contributed by atoms with Crippen LogP contribution >= 0.6 is 0 Å². The van der Waals surface area contributed by atoms with E-state index in [1.165, 1.54) is 10.6 Å². The molecule has 3 rings (SSSR count). The molecule has 0 unspecified atom stereocenters. The van der Waals surface area contributed by atoms with Crippen molar-refractivity contribution in [2.75, 3.05) is 24.6 Å². The monoisotopic (exact) mass is 287 g/mol. The fourth-order valence-corrected chi connectivity index (χ4v) is 2.86. The Labute approximate surface area is 121 Å². The average Bonchev–Trinajstić information content (AvgIpc) is 2.44. The Bertz CT molecular complexity index is 758. The topological polar surface area (TPSA) is 78.3 Å². The summed E-state index contributed by atoms with van der Waals surface area (Å²) in [4.78, 5) is 27.3. The van der Waals surface area contributed by atoms with Gasteiger partial charge in [0, 0.05) is 26.2 Å². The molecule has 0 aliphatic carbocycles. The Hall–Kier alpha value is -2.34. The second kappa shape index (κ2) is 4.89. The summed E-state index contributed by atoms with van der Waals surface area (Å²) in [5, 5.41) is 9.77. The van der Waals surface area contributed by atoms with Crippen molar-refractivity contribution in [3.05, 3.63) is 62.8 Å². The van der Waals surface area contributed by atoms with Crippen LogP contribution in [0.1, 0.15) is 5.56 Å². The molecule has 6 nitrogen and oxygen atoms in total. The molecule has 1 aromatic heterocycles. The third kappa shape index (κ3) is 2.17. The number of aliphatic hydroxyl groups excluding tert-OH is 1. The Morgan fingerprint density at radius 3 is 2.52 bits per heavy atom. The zero-order valence-electron chi connectivity index (χ0n) is 11.7. The molecular weight excluding hydrogens is 270 g/mol. The molecule has 21 heavy (non-hydrogen) atoms. The molecule has 110 valence electrons. The summed E-state index contributed by atoms with van der Waals surface area (Å²) in [5.74, 6) is 0.573. The molecule has 2 heterocycles. The van der Waals surface area contributed by atoms with Crippen LogP contribution in [0, 0.1) is 0 Å². The van der Waals surface area contributed by atoms with E-state index in [0.717, 1.165) is 5.56 Å². The highest BCUT2D eigenvalue weighted by Crippen LogP contribution is 2.36. The Morgan fingerprint density at radius 1 is 1.24 bits per heavy atom. The van der Waals surface area contributed by atoms with Crippen molar-refractivity contribution in [3.63, 3.8) is 0 Å². The third-order valence-electron chi connectivity index (χ3n) is 4.14. The van der Waals surface area contributed by atoms with Gasteiger partial charge in [0.1, 0.15) is 5.82 Å².